The van der Waals surface area contributed by atoms with E-state index >= 15 is 0 Å². The van der Waals surface area contributed by atoms with Crippen LogP contribution < -0.4 is 0 Å². The van der Waals surface area contributed by atoms with Crippen molar-refractivity contribution in [2.45, 2.75) is 13.1 Å². The molecule has 0 radical (unpaired) electrons. The van der Waals surface area contributed by atoms with Crippen LogP contribution in [0.3, 0.4) is 0 Å². The van der Waals surface area contributed by atoms with Gasteiger partial charge in [0.05, 0.1) is 11.8 Å². The fourth-order valence-electron chi connectivity index (χ4n) is 3.29. The van der Waals surface area contributed by atoms with Crippen molar-refractivity contribution in [3.05, 3.63) is 95.4 Å². The third-order valence-electron chi connectivity index (χ3n) is 4.68. The Morgan fingerprint density at radius 3 is 2.68 bits per heavy atom. The highest BCUT2D eigenvalue weighted by molar-refractivity contribution is 5.97. The van der Waals surface area contributed by atoms with Crippen molar-refractivity contribution >= 4 is 17.0 Å². The summed E-state index contributed by atoms with van der Waals surface area (Å²) in [7, 11) is 1.62. The number of benzene rings is 2. The second kappa shape index (κ2) is 7.31. The maximum atomic E-state index is 13.9. The lowest BCUT2D eigenvalue weighted by molar-refractivity contribution is 0.0774. The number of hydrogen-bond donors (Lipinski definition) is 0. The summed E-state index contributed by atoms with van der Waals surface area (Å²) in [6.07, 6.45) is 1.55. The zero-order valence-corrected chi connectivity index (χ0v) is 15.2. The quantitative estimate of drug-likeness (QED) is 0.497. The number of carbonyl (C=O) groups excluding carboxylic acids is 1. The summed E-state index contributed by atoms with van der Waals surface area (Å²) in [5, 5.41) is 0. The first-order valence-corrected chi connectivity index (χ1v) is 8.83. The third kappa shape index (κ3) is 3.41. The van der Waals surface area contributed by atoms with Crippen LogP contribution in [0.2, 0.25) is 0 Å². The fourth-order valence-corrected chi connectivity index (χ4v) is 3.29. The molecule has 0 unspecified atom stereocenters. The van der Waals surface area contributed by atoms with Crippen LogP contribution in [0.25, 0.3) is 11.1 Å². The Bertz CT molecular complexity index is 1150. The van der Waals surface area contributed by atoms with E-state index in [2.05, 4.69) is 0 Å². The van der Waals surface area contributed by atoms with Crippen LogP contribution in [0.1, 0.15) is 21.6 Å². The molecule has 6 heteroatoms. The van der Waals surface area contributed by atoms with Crippen LogP contribution in [0.5, 0.6) is 0 Å². The molecule has 0 aliphatic rings. The molecule has 28 heavy (non-hydrogen) atoms. The van der Waals surface area contributed by atoms with E-state index in [1.165, 1.54) is 23.1 Å². The minimum absolute atomic E-state index is 0.137. The van der Waals surface area contributed by atoms with Gasteiger partial charge in [0.25, 0.3) is 5.91 Å². The summed E-state index contributed by atoms with van der Waals surface area (Å²) < 4.78 is 34.8. The molecule has 0 atom stereocenters. The molecule has 1 amide bonds. The molecule has 4 nitrogen and oxygen atoms in total. The molecule has 142 valence electrons. The Kier molecular flexibility index (Phi) is 4.69. The number of hydrogen-bond acceptors (Lipinski definition) is 2. The minimum atomic E-state index is -0.356. The molecule has 0 aliphatic heterocycles. The van der Waals surface area contributed by atoms with Crippen molar-refractivity contribution < 1.29 is 18.0 Å². The second-order valence-electron chi connectivity index (χ2n) is 6.67. The lowest BCUT2D eigenvalue weighted by atomic mass is 10.2. The molecule has 0 saturated heterocycles. The molecule has 4 aromatic rings. The molecule has 0 spiro atoms. The first-order valence-electron chi connectivity index (χ1n) is 8.83. The molecule has 4 rings (SSSR count). The van der Waals surface area contributed by atoms with Gasteiger partial charge in [0, 0.05) is 37.8 Å². The maximum Gasteiger partial charge on any atom is 0.270 e. The van der Waals surface area contributed by atoms with Gasteiger partial charge < -0.3 is 13.9 Å². The molecule has 0 aliphatic carbocycles. The molecule has 2 heterocycles. The van der Waals surface area contributed by atoms with Gasteiger partial charge >= 0.3 is 0 Å². The van der Waals surface area contributed by atoms with Crippen LogP contribution in [0.4, 0.5) is 8.78 Å². The Morgan fingerprint density at radius 1 is 1.07 bits per heavy atom. The van der Waals surface area contributed by atoms with Gasteiger partial charge in [0.2, 0.25) is 0 Å². The highest BCUT2D eigenvalue weighted by Crippen LogP contribution is 2.24. The van der Waals surface area contributed by atoms with Crippen molar-refractivity contribution in [2.75, 3.05) is 7.05 Å². The first-order chi connectivity index (χ1) is 13.5. The Hall–Kier alpha value is -3.41. The van der Waals surface area contributed by atoms with E-state index in [-0.39, 0.29) is 24.1 Å². The fraction of sp³-hybridized carbons (Fsp3) is 0.136. The van der Waals surface area contributed by atoms with Gasteiger partial charge in [0.15, 0.2) is 5.58 Å². The number of rotatable bonds is 5. The highest BCUT2D eigenvalue weighted by Gasteiger charge is 2.21. The Balaban J connectivity index is 1.67. The second-order valence-corrected chi connectivity index (χ2v) is 6.67. The van der Waals surface area contributed by atoms with Crippen molar-refractivity contribution in [1.29, 1.82) is 0 Å². The van der Waals surface area contributed by atoms with E-state index < -0.39 is 0 Å². The van der Waals surface area contributed by atoms with E-state index in [1.54, 1.807) is 60.3 Å². The van der Waals surface area contributed by atoms with Gasteiger partial charge in [-0.15, -0.1) is 0 Å². The van der Waals surface area contributed by atoms with Gasteiger partial charge in [0.1, 0.15) is 17.3 Å². The summed E-state index contributed by atoms with van der Waals surface area (Å²) in [6.45, 7) is 0.452. The van der Waals surface area contributed by atoms with E-state index in [0.717, 1.165) is 11.1 Å². The van der Waals surface area contributed by atoms with Crippen LogP contribution in [-0.4, -0.2) is 22.4 Å². The Morgan fingerprint density at radius 2 is 1.89 bits per heavy atom. The largest absolute Gasteiger partial charge is 0.463 e. The molecule has 0 fully saturated rings. The molecular formula is C22H18F2N2O2. The first kappa shape index (κ1) is 18.0. The van der Waals surface area contributed by atoms with E-state index in [9.17, 15) is 13.6 Å². The topological polar surface area (TPSA) is 38.4 Å². The lowest BCUT2D eigenvalue weighted by Crippen LogP contribution is -2.28. The van der Waals surface area contributed by atoms with E-state index in [1.807, 2.05) is 0 Å². The molecule has 2 aromatic heterocycles. The summed E-state index contributed by atoms with van der Waals surface area (Å²) >= 11 is 0. The SMILES string of the molecule is CN(Cc1ccccc1F)C(=O)c1cc2occc2n1Cc1cccc(F)c1. The van der Waals surface area contributed by atoms with Crippen LogP contribution in [0.15, 0.2) is 71.3 Å². The standard InChI is InChI=1S/C22H18F2N2O2/c1-25(14-16-6-2-3-8-18(16)24)22(27)20-12-21-19(9-10-28-21)26(20)13-15-5-4-7-17(23)11-15/h2-12H,13-14H2,1H3. The van der Waals surface area contributed by atoms with Gasteiger partial charge in [-0.05, 0) is 23.8 Å². The Labute approximate surface area is 160 Å². The summed E-state index contributed by atoms with van der Waals surface area (Å²) in [6, 6.07) is 16.0. The number of halogens is 2. The smallest absolute Gasteiger partial charge is 0.270 e. The van der Waals surface area contributed by atoms with Crippen molar-refractivity contribution in [3.63, 3.8) is 0 Å². The summed E-state index contributed by atoms with van der Waals surface area (Å²) in [5.41, 5.74) is 2.87. The lowest BCUT2D eigenvalue weighted by Gasteiger charge is -2.19. The number of nitrogens with zero attached hydrogens (tertiary/aromatic N) is 2. The van der Waals surface area contributed by atoms with Crippen molar-refractivity contribution in [1.82, 2.24) is 9.47 Å². The van der Waals surface area contributed by atoms with Crippen molar-refractivity contribution in [3.8, 4) is 0 Å². The normalized spacial score (nSPS) is 11.1. The number of fused-ring (bicyclic) bond motifs is 1. The maximum absolute atomic E-state index is 13.9. The van der Waals surface area contributed by atoms with Gasteiger partial charge in [-0.3, -0.25) is 4.79 Å². The van der Waals surface area contributed by atoms with Gasteiger partial charge in [-0.1, -0.05) is 30.3 Å². The third-order valence-corrected chi connectivity index (χ3v) is 4.68. The summed E-state index contributed by atoms with van der Waals surface area (Å²) in [4.78, 5) is 14.5. The number of aromatic nitrogens is 1. The predicted molar refractivity (Wildman–Crippen MR) is 102 cm³/mol. The zero-order valence-electron chi connectivity index (χ0n) is 15.2. The number of carbonyl (C=O) groups is 1. The van der Waals surface area contributed by atoms with Crippen molar-refractivity contribution in [2.24, 2.45) is 0 Å². The average molecular weight is 380 g/mol. The predicted octanol–water partition coefficient (Wildman–Crippen LogP) is 4.83. The minimum Gasteiger partial charge on any atom is -0.463 e. The number of furan rings is 1. The molecule has 0 bridgehead atoms. The molecule has 0 N–H and O–H groups in total. The van der Waals surface area contributed by atoms with E-state index in [0.29, 0.717) is 23.4 Å². The van der Waals surface area contributed by atoms with Gasteiger partial charge in [-0.2, -0.15) is 0 Å². The van der Waals surface area contributed by atoms with Crippen LogP contribution in [0, 0.1) is 11.6 Å². The van der Waals surface area contributed by atoms with Crippen LogP contribution >= 0.6 is 0 Å². The molecule has 0 saturated carbocycles. The summed E-state index contributed by atoms with van der Waals surface area (Å²) in [5.74, 6) is -0.963. The molecule has 2 aromatic carbocycles. The van der Waals surface area contributed by atoms with Gasteiger partial charge in [-0.25, -0.2) is 8.78 Å². The highest BCUT2D eigenvalue weighted by atomic mass is 19.1. The van der Waals surface area contributed by atoms with Crippen LogP contribution in [-0.2, 0) is 13.1 Å². The van der Waals surface area contributed by atoms with E-state index in [4.69, 9.17) is 4.42 Å². The molecular weight excluding hydrogens is 362 g/mol. The number of amides is 1. The monoisotopic (exact) mass is 380 g/mol. The average Bonchev–Trinajstić information content (AvgIpc) is 3.26. The zero-order chi connectivity index (χ0) is 19.7.